The minimum Gasteiger partial charge on any atom is -0.472 e. The second kappa shape index (κ2) is 8.03. The van der Waals surface area contributed by atoms with Crippen LogP contribution in [0.2, 0.25) is 0 Å². The third-order valence-electron chi connectivity index (χ3n) is 4.91. The zero-order chi connectivity index (χ0) is 21.1. The summed E-state index contributed by atoms with van der Waals surface area (Å²) in [5, 5.41) is 9.61. The molecule has 3 aromatic rings. The number of hydrogen-bond donors (Lipinski definition) is 0. The summed E-state index contributed by atoms with van der Waals surface area (Å²) < 4.78 is 43.7. The van der Waals surface area contributed by atoms with E-state index < -0.39 is 11.7 Å². The van der Waals surface area contributed by atoms with Crippen LogP contribution in [0.4, 0.5) is 18.9 Å². The van der Waals surface area contributed by atoms with Crippen LogP contribution in [0.25, 0.3) is 11.3 Å². The Morgan fingerprint density at radius 2 is 1.87 bits per heavy atom. The lowest BCUT2D eigenvalue weighted by molar-refractivity contribution is -0.137. The first-order chi connectivity index (χ1) is 14.4. The van der Waals surface area contributed by atoms with E-state index in [2.05, 4.69) is 16.0 Å². The van der Waals surface area contributed by atoms with E-state index in [9.17, 15) is 18.4 Å². The van der Waals surface area contributed by atoms with Crippen molar-refractivity contribution in [2.45, 2.75) is 18.7 Å². The summed E-state index contributed by atoms with van der Waals surface area (Å²) in [6.07, 6.45) is -1.56. The molecule has 1 fully saturated rings. The van der Waals surface area contributed by atoms with E-state index in [4.69, 9.17) is 4.74 Å². The Balaban J connectivity index is 1.46. The maximum atomic E-state index is 12.7. The Bertz CT molecular complexity index is 1060. The van der Waals surface area contributed by atoms with Crippen LogP contribution in [0.5, 0.6) is 5.88 Å². The van der Waals surface area contributed by atoms with Gasteiger partial charge in [-0.1, -0.05) is 30.3 Å². The van der Waals surface area contributed by atoms with Crippen LogP contribution in [0, 0.1) is 11.3 Å². The Hall–Kier alpha value is -3.60. The minimum atomic E-state index is -4.43. The molecular formula is C22H17F3N4O. The van der Waals surface area contributed by atoms with Crippen LogP contribution in [-0.2, 0) is 6.18 Å². The fourth-order valence-electron chi connectivity index (χ4n) is 3.39. The third-order valence-corrected chi connectivity index (χ3v) is 4.91. The first-order valence-corrected chi connectivity index (χ1v) is 9.34. The van der Waals surface area contributed by atoms with Crippen LogP contribution < -0.4 is 9.64 Å². The van der Waals surface area contributed by atoms with Gasteiger partial charge in [0.1, 0.15) is 12.2 Å². The summed E-state index contributed by atoms with van der Waals surface area (Å²) in [5.74, 6) is 0.146. The highest BCUT2D eigenvalue weighted by molar-refractivity contribution is 5.67. The molecule has 0 amide bonds. The molecule has 1 saturated heterocycles. The maximum absolute atomic E-state index is 12.7. The van der Waals surface area contributed by atoms with E-state index in [-0.39, 0.29) is 12.0 Å². The first-order valence-electron chi connectivity index (χ1n) is 9.34. The number of ether oxygens (including phenoxy) is 1. The highest BCUT2D eigenvalue weighted by Gasteiger charge is 2.31. The first kappa shape index (κ1) is 19.7. The van der Waals surface area contributed by atoms with Gasteiger partial charge in [0.15, 0.2) is 0 Å². The largest absolute Gasteiger partial charge is 0.472 e. The van der Waals surface area contributed by atoms with Crippen LogP contribution in [0.1, 0.15) is 17.5 Å². The van der Waals surface area contributed by atoms with E-state index >= 15 is 0 Å². The Labute approximate surface area is 171 Å². The summed E-state index contributed by atoms with van der Waals surface area (Å²) in [6, 6.07) is 15.8. The van der Waals surface area contributed by atoms with Gasteiger partial charge < -0.3 is 9.64 Å². The standard InChI is InChI=1S/C22H17F3N4O/c23-22(24,25)17-6-7-21(28-12-17)30-18-8-9-29(14-18)20-13-27-19(10-16(20)11-26)15-4-2-1-3-5-15/h1-7,10,12-13,18H,8-9,14H2/t18-/m0/s1. The average molecular weight is 410 g/mol. The lowest BCUT2D eigenvalue weighted by Gasteiger charge is -2.20. The number of alkyl halides is 3. The molecule has 0 aliphatic carbocycles. The van der Waals surface area contributed by atoms with Crippen molar-refractivity contribution in [3.05, 3.63) is 72.1 Å². The van der Waals surface area contributed by atoms with Gasteiger partial charge in [-0.15, -0.1) is 0 Å². The second-order valence-electron chi connectivity index (χ2n) is 6.92. The molecule has 0 radical (unpaired) electrons. The fourth-order valence-corrected chi connectivity index (χ4v) is 3.39. The van der Waals surface area contributed by atoms with Crippen LogP contribution in [0.15, 0.2) is 60.9 Å². The molecule has 1 aromatic carbocycles. The number of halogens is 3. The molecule has 5 nitrogen and oxygen atoms in total. The van der Waals surface area contributed by atoms with Crippen LogP contribution in [0.3, 0.4) is 0 Å². The molecular weight excluding hydrogens is 393 g/mol. The quantitative estimate of drug-likeness (QED) is 0.624. The van der Waals surface area contributed by atoms with Crippen molar-refractivity contribution in [3.8, 4) is 23.2 Å². The van der Waals surface area contributed by atoms with Gasteiger partial charge in [-0.2, -0.15) is 18.4 Å². The predicted octanol–water partition coefficient (Wildman–Crippen LogP) is 4.69. The van der Waals surface area contributed by atoms with E-state index in [1.54, 1.807) is 12.3 Å². The molecule has 3 heterocycles. The molecule has 1 aliphatic rings. The lowest BCUT2D eigenvalue weighted by atomic mass is 10.1. The van der Waals surface area contributed by atoms with Crippen molar-refractivity contribution in [2.75, 3.05) is 18.0 Å². The van der Waals surface area contributed by atoms with Crippen LogP contribution >= 0.6 is 0 Å². The minimum absolute atomic E-state index is 0.146. The maximum Gasteiger partial charge on any atom is 0.417 e. The summed E-state index contributed by atoms with van der Waals surface area (Å²) in [5.41, 5.74) is 2.06. The number of benzene rings is 1. The highest BCUT2D eigenvalue weighted by Crippen LogP contribution is 2.31. The van der Waals surface area contributed by atoms with Gasteiger partial charge in [0.2, 0.25) is 5.88 Å². The molecule has 30 heavy (non-hydrogen) atoms. The van der Waals surface area contributed by atoms with Gasteiger partial charge in [-0.25, -0.2) is 4.98 Å². The molecule has 2 aromatic heterocycles. The smallest absolute Gasteiger partial charge is 0.417 e. The predicted molar refractivity (Wildman–Crippen MR) is 105 cm³/mol. The molecule has 1 atom stereocenters. The Morgan fingerprint density at radius 3 is 2.53 bits per heavy atom. The fraction of sp³-hybridized carbons (Fsp3) is 0.227. The SMILES string of the molecule is N#Cc1cc(-c2ccccc2)ncc1N1CC[C@H](Oc2ccc(C(F)(F)F)cn2)C1. The van der Waals surface area contributed by atoms with Gasteiger partial charge in [0, 0.05) is 30.8 Å². The number of hydrogen-bond acceptors (Lipinski definition) is 5. The third kappa shape index (κ3) is 4.20. The molecule has 0 spiro atoms. The lowest BCUT2D eigenvalue weighted by Crippen LogP contribution is -2.25. The van der Waals surface area contributed by atoms with Crippen molar-refractivity contribution < 1.29 is 17.9 Å². The molecule has 4 rings (SSSR count). The van der Waals surface area contributed by atoms with Crippen LogP contribution in [-0.4, -0.2) is 29.2 Å². The van der Waals surface area contributed by atoms with E-state index in [1.807, 2.05) is 35.2 Å². The Morgan fingerprint density at radius 1 is 1.07 bits per heavy atom. The molecule has 1 aliphatic heterocycles. The van der Waals surface area contributed by atoms with Crippen molar-refractivity contribution in [1.82, 2.24) is 9.97 Å². The van der Waals surface area contributed by atoms with Crippen molar-refractivity contribution >= 4 is 5.69 Å². The Kier molecular flexibility index (Phi) is 5.27. The molecule has 152 valence electrons. The zero-order valence-electron chi connectivity index (χ0n) is 15.8. The van der Waals surface area contributed by atoms with Crippen molar-refractivity contribution in [3.63, 3.8) is 0 Å². The van der Waals surface area contributed by atoms with Gasteiger partial charge in [0.25, 0.3) is 0 Å². The van der Waals surface area contributed by atoms with Crippen molar-refractivity contribution in [1.29, 1.82) is 5.26 Å². The number of rotatable bonds is 4. The van der Waals surface area contributed by atoms with E-state index in [0.717, 1.165) is 23.5 Å². The zero-order valence-corrected chi connectivity index (χ0v) is 15.8. The number of pyridine rings is 2. The monoisotopic (exact) mass is 410 g/mol. The molecule has 8 heteroatoms. The topological polar surface area (TPSA) is 62.0 Å². The second-order valence-corrected chi connectivity index (χ2v) is 6.92. The number of nitriles is 1. The average Bonchev–Trinajstić information content (AvgIpc) is 3.22. The summed E-state index contributed by atoms with van der Waals surface area (Å²) in [7, 11) is 0. The van der Waals surface area contributed by atoms with E-state index in [1.165, 1.54) is 6.07 Å². The van der Waals surface area contributed by atoms with E-state index in [0.29, 0.717) is 30.8 Å². The molecule has 0 saturated carbocycles. The molecule has 0 N–H and O–H groups in total. The molecule has 0 unspecified atom stereocenters. The van der Waals surface area contributed by atoms with Crippen molar-refractivity contribution in [2.24, 2.45) is 0 Å². The summed E-state index contributed by atoms with van der Waals surface area (Å²) in [6.45, 7) is 1.14. The van der Waals surface area contributed by atoms with Gasteiger partial charge in [-0.3, -0.25) is 4.98 Å². The van der Waals surface area contributed by atoms with Gasteiger partial charge in [-0.05, 0) is 12.1 Å². The molecule has 0 bridgehead atoms. The number of anilines is 1. The summed E-state index contributed by atoms with van der Waals surface area (Å²) >= 11 is 0. The highest BCUT2D eigenvalue weighted by atomic mass is 19.4. The summed E-state index contributed by atoms with van der Waals surface area (Å²) in [4.78, 5) is 10.2. The number of aromatic nitrogens is 2. The normalized spacial score (nSPS) is 16.3. The van der Waals surface area contributed by atoms with Gasteiger partial charge >= 0.3 is 6.18 Å². The van der Waals surface area contributed by atoms with Gasteiger partial charge in [0.05, 0.1) is 35.2 Å². The number of nitrogens with zero attached hydrogens (tertiary/aromatic N) is 4.